The minimum atomic E-state index is -0.870. The third-order valence-corrected chi connectivity index (χ3v) is 7.42. The Labute approximate surface area is 253 Å². The fourth-order valence-corrected chi connectivity index (χ4v) is 5.21. The number of benzene rings is 3. The third kappa shape index (κ3) is 8.89. The topological polar surface area (TPSA) is 114 Å². The normalized spacial score (nSPS) is 18.7. The molecule has 1 fully saturated rings. The maximum absolute atomic E-state index is 13.4. The molecule has 4 atom stereocenters. The molecule has 1 aliphatic heterocycles. The lowest BCUT2D eigenvalue weighted by Crippen LogP contribution is -2.49. The number of amides is 2. The van der Waals surface area contributed by atoms with Crippen LogP contribution >= 0.6 is 0 Å². The predicted molar refractivity (Wildman–Crippen MR) is 166 cm³/mol. The Morgan fingerprint density at radius 3 is 2.44 bits per heavy atom. The molecule has 0 bridgehead atoms. The highest BCUT2D eigenvalue weighted by Gasteiger charge is 2.49. The van der Waals surface area contributed by atoms with Crippen molar-refractivity contribution < 1.29 is 24.6 Å². The fraction of sp³-hybridized carbons (Fsp3) is 0.353. The van der Waals surface area contributed by atoms with E-state index in [0.717, 1.165) is 29.8 Å². The maximum atomic E-state index is 13.4. The van der Waals surface area contributed by atoms with Gasteiger partial charge in [-0.15, -0.1) is 0 Å². The standard InChI is InChI=1S/C34H40N4O5/c1-25(40)31-30(24-39)43-38(32(31)34(42)36-20-11-21-37(2)29-17-7-4-8-18-29)23-27-13-9-12-26(22-27)14-10-19-35-33(41)28-15-5-3-6-16-28/h3-9,12-13,15-18,22,25,30-32,39-40H,11,19-21,23-24H2,1-2H3,(H,35,41)(H,36,42)/t25-,30-,31+,32-/m1/s1. The molecular weight excluding hydrogens is 544 g/mol. The SMILES string of the molecule is C[C@@H](O)[C@H]1[C@@H](CO)ON(Cc2cccc(C#CCNC(=O)c3ccccc3)c2)[C@H]1C(=O)NCCCN(C)c1ccccc1. The summed E-state index contributed by atoms with van der Waals surface area (Å²) in [4.78, 5) is 33.8. The number of nitrogens with zero attached hydrogens (tertiary/aromatic N) is 2. The summed E-state index contributed by atoms with van der Waals surface area (Å²) >= 11 is 0. The van der Waals surface area contributed by atoms with E-state index in [-0.39, 0.29) is 31.5 Å². The molecule has 3 aromatic carbocycles. The molecule has 0 saturated carbocycles. The minimum absolute atomic E-state index is 0.187. The zero-order chi connectivity index (χ0) is 30.6. The number of hydrogen-bond donors (Lipinski definition) is 4. The number of anilines is 1. The zero-order valence-corrected chi connectivity index (χ0v) is 24.6. The fourth-order valence-electron chi connectivity index (χ4n) is 5.21. The number of carbonyl (C=O) groups is 2. The first-order valence-corrected chi connectivity index (χ1v) is 14.5. The van der Waals surface area contributed by atoms with E-state index >= 15 is 0 Å². The summed E-state index contributed by atoms with van der Waals surface area (Å²) in [6, 6.07) is 25.8. The highest BCUT2D eigenvalue weighted by Crippen LogP contribution is 2.32. The Morgan fingerprint density at radius 2 is 1.74 bits per heavy atom. The number of hydrogen-bond acceptors (Lipinski definition) is 7. The van der Waals surface area contributed by atoms with Gasteiger partial charge in [-0.3, -0.25) is 14.4 Å². The van der Waals surface area contributed by atoms with Gasteiger partial charge in [0.2, 0.25) is 5.91 Å². The largest absolute Gasteiger partial charge is 0.394 e. The van der Waals surface area contributed by atoms with E-state index in [0.29, 0.717) is 12.1 Å². The van der Waals surface area contributed by atoms with E-state index in [4.69, 9.17) is 4.84 Å². The maximum Gasteiger partial charge on any atom is 0.252 e. The molecule has 4 N–H and O–H groups in total. The Bertz CT molecular complexity index is 1390. The first-order valence-electron chi connectivity index (χ1n) is 14.5. The molecular formula is C34H40N4O5. The smallest absolute Gasteiger partial charge is 0.252 e. The molecule has 1 aliphatic rings. The molecule has 9 heteroatoms. The van der Waals surface area contributed by atoms with Crippen LogP contribution in [0.2, 0.25) is 0 Å². The van der Waals surface area contributed by atoms with Crippen molar-refractivity contribution in [1.82, 2.24) is 15.7 Å². The Balaban J connectivity index is 1.36. The van der Waals surface area contributed by atoms with Crippen molar-refractivity contribution in [3.8, 4) is 11.8 Å². The zero-order valence-electron chi connectivity index (χ0n) is 24.6. The van der Waals surface area contributed by atoms with Crippen LogP contribution < -0.4 is 15.5 Å². The van der Waals surface area contributed by atoms with Crippen LogP contribution in [0, 0.1) is 17.8 Å². The van der Waals surface area contributed by atoms with Crippen LogP contribution in [0.1, 0.15) is 34.8 Å². The van der Waals surface area contributed by atoms with Crippen LogP contribution in [-0.4, -0.2) is 78.6 Å². The number of para-hydroxylation sites is 1. The van der Waals surface area contributed by atoms with Gasteiger partial charge in [-0.05, 0) is 55.3 Å². The van der Waals surface area contributed by atoms with Gasteiger partial charge < -0.3 is 25.7 Å². The van der Waals surface area contributed by atoms with Gasteiger partial charge in [0.1, 0.15) is 12.1 Å². The monoisotopic (exact) mass is 584 g/mol. The van der Waals surface area contributed by atoms with E-state index in [1.54, 1.807) is 24.1 Å². The van der Waals surface area contributed by atoms with Gasteiger partial charge in [-0.25, -0.2) is 0 Å². The number of aliphatic hydroxyl groups excluding tert-OH is 2. The Morgan fingerprint density at radius 1 is 1.02 bits per heavy atom. The Hall–Kier alpha value is -4.20. The second-order valence-corrected chi connectivity index (χ2v) is 10.6. The van der Waals surface area contributed by atoms with E-state index in [9.17, 15) is 19.8 Å². The molecule has 0 radical (unpaired) electrons. The first kappa shape index (κ1) is 31.7. The van der Waals surface area contributed by atoms with E-state index in [2.05, 4.69) is 27.4 Å². The highest BCUT2D eigenvalue weighted by molar-refractivity contribution is 5.94. The van der Waals surface area contributed by atoms with Crippen LogP contribution in [0.5, 0.6) is 0 Å². The molecule has 226 valence electrons. The second kappa shape index (κ2) is 15.9. The van der Waals surface area contributed by atoms with Gasteiger partial charge in [0.25, 0.3) is 5.91 Å². The van der Waals surface area contributed by atoms with Crippen molar-refractivity contribution in [2.75, 3.05) is 38.2 Å². The number of carbonyl (C=O) groups excluding carboxylic acids is 2. The molecule has 4 rings (SSSR count). The van der Waals surface area contributed by atoms with Gasteiger partial charge in [-0.2, -0.15) is 5.06 Å². The van der Waals surface area contributed by atoms with Crippen LogP contribution in [-0.2, 0) is 16.2 Å². The molecule has 3 aromatic rings. The van der Waals surface area contributed by atoms with Crippen molar-refractivity contribution >= 4 is 17.5 Å². The average molecular weight is 585 g/mol. The van der Waals surface area contributed by atoms with Gasteiger partial charge in [0.15, 0.2) is 0 Å². The summed E-state index contributed by atoms with van der Waals surface area (Å²) in [6.45, 7) is 2.97. The van der Waals surface area contributed by atoms with Crippen molar-refractivity contribution in [1.29, 1.82) is 0 Å². The summed E-state index contributed by atoms with van der Waals surface area (Å²) in [5.41, 5.74) is 3.28. The van der Waals surface area contributed by atoms with Gasteiger partial charge >= 0.3 is 0 Å². The predicted octanol–water partition coefficient (Wildman–Crippen LogP) is 2.58. The lowest BCUT2D eigenvalue weighted by atomic mass is 9.89. The molecule has 43 heavy (non-hydrogen) atoms. The first-order chi connectivity index (χ1) is 20.9. The van der Waals surface area contributed by atoms with Crippen LogP contribution in [0.25, 0.3) is 0 Å². The summed E-state index contributed by atoms with van der Waals surface area (Å²) in [5.74, 6) is 5.00. The number of hydroxylamine groups is 2. The summed E-state index contributed by atoms with van der Waals surface area (Å²) in [7, 11) is 2.01. The number of nitrogens with one attached hydrogen (secondary N) is 2. The number of rotatable bonds is 12. The Kier molecular flexibility index (Phi) is 11.7. The van der Waals surface area contributed by atoms with Crippen LogP contribution in [0.15, 0.2) is 84.9 Å². The van der Waals surface area contributed by atoms with E-state index < -0.39 is 24.2 Å². The van der Waals surface area contributed by atoms with Crippen LogP contribution in [0.4, 0.5) is 5.69 Å². The third-order valence-electron chi connectivity index (χ3n) is 7.42. The van der Waals surface area contributed by atoms with Gasteiger partial charge in [0.05, 0.1) is 25.8 Å². The number of aliphatic hydroxyl groups is 2. The van der Waals surface area contributed by atoms with Crippen LogP contribution in [0.3, 0.4) is 0 Å². The molecule has 0 aromatic heterocycles. The summed E-state index contributed by atoms with van der Waals surface area (Å²) in [6.07, 6.45) is -0.846. The molecule has 0 unspecified atom stereocenters. The summed E-state index contributed by atoms with van der Waals surface area (Å²) in [5, 5.41) is 27.9. The average Bonchev–Trinajstić information content (AvgIpc) is 3.40. The molecule has 0 aliphatic carbocycles. The molecule has 0 spiro atoms. The quantitative estimate of drug-likeness (QED) is 0.191. The van der Waals surface area contributed by atoms with Crippen molar-refractivity contribution in [2.24, 2.45) is 5.92 Å². The second-order valence-electron chi connectivity index (χ2n) is 10.6. The van der Waals surface area contributed by atoms with Crippen molar-refractivity contribution in [2.45, 2.75) is 38.1 Å². The van der Waals surface area contributed by atoms with Crippen molar-refractivity contribution in [3.63, 3.8) is 0 Å². The van der Waals surface area contributed by atoms with E-state index in [1.807, 2.05) is 79.8 Å². The van der Waals surface area contributed by atoms with E-state index in [1.165, 1.54) is 0 Å². The van der Waals surface area contributed by atoms with Gasteiger partial charge in [-0.1, -0.05) is 60.4 Å². The summed E-state index contributed by atoms with van der Waals surface area (Å²) < 4.78 is 0. The molecule has 9 nitrogen and oxygen atoms in total. The highest BCUT2D eigenvalue weighted by atomic mass is 16.7. The molecule has 1 saturated heterocycles. The molecule has 2 amide bonds. The van der Waals surface area contributed by atoms with Gasteiger partial charge in [0, 0.05) is 42.9 Å². The lowest BCUT2D eigenvalue weighted by Gasteiger charge is -2.26. The lowest BCUT2D eigenvalue weighted by molar-refractivity contribution is -0.181. The van der Waals surface area contributed by atoms with Crippen molar-refractivity contribution in [3.05, 3.63) is 102 Å². The molecule has 1 heterocycles. The minimum Gasteiger partial charge on any atom is -0.394 e.